The van der Waals surface area contributed by atoms with Crippen LogP contribution in [0.15, 0.2) is 35.6 Å². The number of sulfonamides is 1. The summed E-state index contributed by atoms with van der Waals surface area (Å²) >= 11 is 0. The number of fused-ring (bicyclic) bond motifs is 2. The summed E-state index contributed by atoms with van der Waals surface area (Å²) in [6, 6.07) is 2.81. The monoisotopic (exact) mass is 335 g/mol. The highest BCUT2D eigenvalue weighted by molar-refractivity contribution is 7.89. The number of likely N-dealkylation sites (tertiary alicyclic amines) is 1. The van der Waals surface area contributed by atoms with Gasteiger partial charge >= 0.3 is 0 Å². The molecule has 0 unspecified atom stereocenters. The molecule has 2 aromatic rings. The van der Waals surface area contributed by atoms with E-state index >= 15 is 0 Å². The molecule has 0 aliphatic carbocycles. The van der Waals surface area contributed by atoms with E-state index in [9.17, 15) is 8.42 Å². The van der Waals surface area contributed by atoms with E-state index in [-0.39, 0.29) is 22.9 Å². The smallest absolute Gasteiger partial charge is 0.246 e. The van der Waals surface area contributed by atoms with E-state index in [1.165, 1.54) is 12.3 Å². The lowest BCUT2D eigenvalue weighted by Gasteiger charge is -2.16. The number of hydrogen-bond donors (Lipinski definition) is 1. The predicted octanol–water partition coefficient (Wildman–Crippen LogP) is -0.261. The molecule has 0 spiro atoms. The van der Waals surface area contributed by atoms with Gasteiger partial charge in [-0.2, -0.15) is 0 Å². The van der Waals surface area contributed by atoms with Gasteiger partial charge < -0.3 is 9.30 Å². The van der Waals surface area contributed by atoms with Crippen molar-refractivity contribution in [2.75, 3.05) is 13.1 Å². The molecule has 8 nitrogen and oxygen atoms in total. The maximum absolute atomic E-state index is 12.4. The second-order valence-corrected chi connectivity index (χ2v) is 7.52. The number of ether oxygens (including phenoxy) is 1. The normalized spacial score (nSPS) is 26.1. The first-order chi connectivity index (χ1) is 11.0. The molecular weight excluding hydrogens is 318 g/mol. The molecule has 1 fully saturated rings. The highest BCUT2D eigenvalue weighted by atomic mass is 32.2. The van der Waals surface area contributed by atoms with E-state index in [1.807, 2.05) is 17.8 Å². The van der Waals surface area contributed by atoms with E-state index < -0.39 is 10.0 Å². The van der Waals surface area contributed by atoms with Gasteiger partial charge in [0.1, 0.15) is 16.8 Å². The van der Waals surface area contributed by atoms with Gasteiger partial charge in [-0.1, -0.05) is 0 Å². The van der Waals surface area contributed by atoms with Crippen molar-refractivity contribution in [3.8, 4) is 5.88 Å². The zero-order valence-electron chi connectivity index (χ0n) is 12.6. The molecule has 1 saturated heterocycles. The zero-order valence-corrected chi connectivity index (χ0v) is 13.4. The first kappa shape index (κ1) is 14.6. The fourth-order valence-electron chi connectivity index (χ4n) is 3.04. The number of hydrogen-bond acceptors (Lipinski definition) is 6. The van der Waals surface area contributed by atoms with Crippen molar-refractivity contribution >= 4 is 10.0 Å². The van der Waals surface area contributed by atoms with E-state index in [1.54, 1.807) is 12.3 Å². The van der Waals surface area contributed by atoms with Gasteiger partial charge in [0.25, 0.3) is 0 Å². The van der Waals surface area contributed by atoms with E-state index in [0.717, 1.165) is 5.82 Å². The topological polar surface area (TPSA) is 89.4 Å². The molecule has 4 heterocycles. The fourth-order valence-corrected chi connectivity index (χ4v) is 4.38. The Hall–Kier alpha value is -1.97. The number of nitrogens with zero attached hydrogens (tertiary/aromatic N) is 4. The van der Waals surface area contributed by atoms with Crippen molar-refractivity contribution in [1.82, 2.24) is 24.2 Å². The van der Waals surface area contributed by atoms with Crippen LogP contribution in [0.4, 0.5) is 0 Å². The van der Waals surface area contributed by atoms with Crippen LogP contribution in [0.2, 0.25) is 0 Å². The average molecular weight is 335 g/mol. The number of aryl methyl sites for hydroxylation is 1. The Balaban J connectivity index is 1.58. The van der Waals surface area contributed by atoms with Crippen LogP contribution >= 0.6 is 0 Å². The summed E-state index contributed by atoms with van der Waals surface area (Å²) in [5.41, 5.74) is 0. The molecule has 0 aromatic carbocycles. The first-order valence-electron chi connectivity index (χ1n) is 7.35. The van der Waals surface area contributed by atoms with Crippen LogP contribution in [0, 0.1) is 0 Å². The molecule has 1 N–H and O–H groups in total. The second-order valence-electron chi connectivity index (χ2n) is 5.84. The summed E-state index contributed by atoms with van der Waals surface area (Å²) in [5.74, 6) is 1.11. The molecule has 9 heteroatoms. The van der Waals surface area contributed by atoms with Crippen LogP contribution in [0.5, 0.6) is 5.88 Å². The number of pyridine rings is 1. The Kier molecular flexibility index (Phi) is 3.36. The molecular formula is C14H17N5O3S. The van der Waals surface area contributed by atoms with Gasteiger partial charge in [-0.15, -0.1) is 0 Å². The summed E-state index contributed by atoms with van der Waals surface area (Å²) in [7, 11) is -1.67. The highest BCUT2D eigenvalue weighted by Crippen LogP contribution is 2.29. The van der Waals surface area contributed by atoms with Gasteiger partial charge in [0.05, 0.1) is 12.6 Å². The van der Waals surface area contributed by atoms with Crippen molar-refractivity contribution in [3.05, 3.63) is 36.5 Å². The van der Waals surface area contributed by atoms with Crippen molar-refractivity contribution in [2.24, 2.45) is 7.05 Å². The van der Waals surface area contributed by atoms with Crippen molar-refractivity contribution in [2.45, 2.75) is 23.6 Å². The minimum absolute atomic E-state index is 0.102. The molecule has 0 radical (unpaired) electrons. The predicted molar refractivity (Wildman–Crippen MR) is 81.2 cm³/mol. The molecule has 0 saturated carbocycles. The third kappa shape index (κ3) is 2.60. The first-order valence-corrected chi connectivity index (χ1v) is 8.84. The van der Waals surface area contributed by atoms with Crippen LogP contribution in [0.1, 0.15) is 5.82 Å². The molecule has 2 aliphatic rings. The lowest BCUT2D eigenvalue weighted by Crippen LogP contribution is -2.42. The second kappa shape index (κ2) is 5.29. The highest BCUT2D eigenvalue weighted by Gasteiger charge is 2.41. The Morgan fingerprint density at radius 1 is 1.35 bits per heavy atom. The van der Waals surface area contributed by atoms with Crippen molar-refractivity contribution in [3.63, 3.8) is 0 Å². The molecule has 2 atom stereocenters. The average Bonchev–Trinajstić information content (AvgIpc) is 3.04. The quantitative estimate of drug-likeness (QED) is 0.813. The van der Waals surface area contributed by atoms with Crippen LogP contribution in [-0.2, 0) is 23.6 Å². The SMILES string of the molecule is Cn1ccnc1CN1C[C@@H]2Oc3ncccc3S(=O)(=O)N[C@@H]2C1. The van der Waals surface area contributed by atoms with Gasteiger partial charge in [-0.25, -0.2) is 23.1 Å². The zero-order chi connectivity index (χ0) is 16.0. The van der Waals surface area contributed by atoms with Crippen molar-refractivity contribution in [1.29, 1.82) is 0 Å². The molecule has 0 bridgehead atoms. The van der Waals surface area contributed by atoms with Crippen LogP contribution in [-0.4, -0.2) is 53.1 Å². The standard InChI is InChI=1S/C14H17N5O3S/c1-18-6-5-15-13(18)9-19-7-10-11(8-19)22-14-12(3-2-4-16-14)23(20,21)17-10/h2-6,10-11,17H,7-9H2,1H3/t10-,11+/m1/s1. The Bertz CT molecular complexity index is 834. The maximum Gasteiger partial charge on any atom is 0.246 e. The molecule has 4 rings (SSSR count). The summed E-state index contributed by atoms with van der Waals surface area (Å²) in [6.07, 6.45) is 4.92. The Labute approximate surface area is 134 Å². The largest absolute Gasteiger partial charge is 0.470 e. The number of nitrogens with one attached hydrogen (secondary N) is 1. The van der Waals surface area contributed by atoms with Gasteiger partial charge in [0.2, 0.25) is 15.9 Å². The lowest BCUT2D eigenvalue weighted by atomic mass is 10.2. The summed E-state index contributed by atoms with van der Waals surface area (Å²) in [5, 5.41) is 0. The van der Waals surface area contributed by atoms with Crippen LogP contribution in [0.25, 0.3) is 0 Å². The van der Waals surface area contributed by atoms with E-state index in [4.69, 9.17) is 4.74 Å². The van der Waals surface area contributed by atoms with Gasteiger partial charge in [-0.05, 0) is 12.1 Å². The minimum atomic E-state index is -3.61. The van der Waals surface area contributed by atoms with Gasteiger partial charge in [0.15, 0.2) is 0 Å². The summed E-state index contributed by atoms with van der Waals surface area (Å²) in [4.78, 5) is 10.6. The maximum atomic E-state index is 12.4. The third-order valence-electron chi connectivity index (χ3n) is 4.22. The lowest BCUT2D eigenvalue weighted by molar-refractivity contribution is 0.176. The third-order valence-corrected chi connectivity index (χ3v) is 5.73. The Morgan fingerprint density at radius 3 is 3.00 bits per heavy atom. The van der Waals surface area contributed by atoms with Crippen LogP contribution < -0.4 is 9.46 Å². The number of aromatic nitrogens is 3. The Morgan fingerprint density at radius 2 is 2.22 bits per heavy atom. The fraction of sp³-hybridized carbons (Fsp3) is 0.429. The molecule has 2 aliphatic heterocycles. The minimum Gasteiger partial charge on any atom is -0.470 e. The molecule has 23 heavy (non-hydrogen) atoms. The van der Waals surface area contributed by atoms with Crippen LogP contribution in [0.3, 0.4) is 0 Å². The van der Waals surface area contributed by atoms with Gasteiger partial charge in [-0.3, -0.25) is 4.90 Å². The summed E-state index contributed by atoms with van der Waals surface area (Å²) in [6.45, 7) is 1.84. The van der Waals surface area contributed by atoms with E-state index in [2.05, 4.69) is 19.6 Å². The number of rotatable bonds is 2. The molecule has 122 valence electrons. The van der Waals surface area contributed by atoms with Gasteiger partial charge in [0, 0.05) is 38.7 Å². The molecule has 2 aromatic heterocycles. The van der Waals surface area contributed by atoms with Crippen molar-refractivity contribution < 1.29 is 13.2 Å². The molecule has 0 amide bonds. The number of imidazole rings is 1. The van der Waals surface area contributed by atoms with E-state index in [0.29, 0.717) is 19.6 Å². The summed E-state index contributed by atoms with van der Waals surface area (Å²) < 4.78 is 35.5.